The van der Waals surface area contributed by atoms with Crippen LogP contribution in [0.1, 0.15) is 0 Å². The average Bonchev–Trinajstić information content (AvgIpc) is 2.45. The molecule has 0 aliphatic heterocycles. The van der Waals surface area contributed by atoms with Crippen molar-refractivity contribution in [1.29, 1.82) is 0 Å². The van der Waals surface area contributed by atoms with Gasteiger partial charge in [-0.2, -0.15) is 30.7 Å². The van der Waals surface area contributed by atoms with E-state index in [2.05, 4.69) is 5.32 Å². The van der Waals surface area contributed by atoms with E-state index in [9.17, 15) is 40.3 Å². The van der Waals surface area contributed by atoms with E-state index in [1.54, 1.807) is 0 Å². The summed E-state index contributed by atoms with van der Waals surface area (Å²) < 4.78 is 88.1. The molecule has 1 aromatic carbocycles. The Labute approximate surface area is 139 Å². The minimum Gasteiger partial charge on any atom is -0.478 e. The van der Waals surface area contributed by atoms with Gasteiger partial charge in [-0.1, -0.05) is 0 Å². The summed E-state index contributed by atoms with van der Waals surface area (Å²) in [7, 11) is 0. The third kappa shape index (κ3) is 5.37. The Bertz CT molecular complexity index is 671. The molecular weight excluding hydrogens is 383 g/mol. The maximum Gasteiger partial charge on any atom is 0.460 e. The third-order valence-electron chi connectivity index (χ3n) is 2.47. The maximum absolute atomic E-state index is 13.2. The summed E-state index contributed by atoms with van der Waals surface area (Å²) in [6.07, 6.45) is -5.24. The van der Waals surface area contributed by atoms with Crippen LogP contribution < -0.4 is 5.32 Å². The summed E-state index contributed by atoms with van der Waals surface area (Å²) in [6.45, 7) is 0. The van der Waals surface area contributed by atoms with Crippen LogP contribution in [0.15, 0.2) is 41.3 Å². The van der Waals surface area contributed by atoms with E-state index in [0.717, 1.165) is 24.3 Å². The summed E-state index contributed by atoms with van der Waals surface area (Å²) in [4.78, 5) is 20.9. The van der Waals surface area contributed by atoms with Gasteiger partial charge in [0.05, 0.1) is 0 Å². The number of nitrogens with one attached hydrogen (secondary N) is 1. The summed E-state index contributed by atoms with van der Waals surface area (Å²) in [5.74, 6) is -8.51. The van der Waals surface area contributed by atoms with E-state index in [4.69, 9.17) is 5.11 Å². The zero-order valence-corrected chi connectivity index (χ0v) is 12.6. The van der Waals surface area contributed by atoms with E-state index in [0.29, 0.717) is 12.2 Å². The molecule has 0 spiro atoms. The minimum atomic E-state index is -6.42. The van der Waals surface area contributed by atoms with E-state index in [1.165, 1.54) is 0 Å². The Morgan fingerprint density at radius 1 is 0.960 bits per heavy atom. The number of aliphatic carboxylic acids is 1. The Kier molecular flexibility index (Phi) is 6.10. The van der Waals surface area contributed by atoms with E-state index >= 15 is 0 Å². The first-order valence-corrected chi connectivity index (χ1v) is 6.91. The number of halogens is 7. The van der Waals surface area contributed by atoms with Gasteiger partial charge in [-0.15, -0.1) is 0 Å². The molecule has 0 aromatic heterocycles. The lowest BCUT2D eigenvalue weighted by Gasteiger charge is -2.27. The second kappa shape index (κ2) is 7.33. The summed E-state index contributed by atoms with van der Waals surface area (Å²) in [5.41, 5.74) is -0.0183. The molecule has 1 aromatic rings. The maximum atomic E-state index is 13.2. The number of carboxylic acids is 1. The van der Waals surface area contributed by atoms with Crippen LogP contribution in [-0.4, -0.2) is 34.3 Å². The molecule has 4 nitrogen and oxygen atoms in total. The number of carbonyl (C=O) groups is 2. The molecule has 0 fully saturated rings. The van der Waals surface area contributed by atoms with Gasteiger partial charge >= 0.3 is 23.3 Å². The fourth-order valence-corrected chi connectivity index (χ4v) is 2.13. The standard InChI is InChI=1S/C13H8F7NO3S/c14-11(15,12(16,17)18)13(19,20)25-8-3-1-7(2-4-8)21-9(22)5-6-10(23)24/h1-6H,(H,21,22)(H,23,24). The van der Waals surface area contributed by atoms with Crippen molar-refractivity contribution >= 4 is 29.3 Å². The van der Waals surface area contributed by atoms with Gasteiger partial charge < -0.3 is 10.4 Å². The van der Waals surface area contributed by atoms with Crippen LogP contribution in [0.5, 0.6) is 0 Å². The van der Waals surface area contributed by atoms with Crippen molar-refractivity contribution in [3.63, 3.8) is 0 Å². The van der Waals surface area contributed by atoms with Crippen LogP contribution >= 0.6 is 11.8 Å². The number of hydrogen-bond acceptors (Lipinski definition) is 3. The number of alkyl halides is 7. The summed E-state index contributed by atoms with van der Waals surface area (Å²) in [6, 6.07) is 3.52. The number of carboxylic acid groups (broad SMARTS) is 1. The average molecular weight is 391 g/mol. The zero-order valence-electron chi connectivity index (χ0n) is 11.8. The molecule has 0 bridgehead atoms. The minimum absolute atomic E-state index is 0.0183. The second-order valence-corrected chi connectivity index (χ2v) is 5.56. The number of anilines is 1. The van der Waals surface area contributed by atoms with Crippen LogP contribution in [0.25, 0.3) is 0 Å². The van der Waals surface area contributed by atoms with E-state index < -0.39 is 45.9 Å². The highest BCUT2D eigenvalue weighted by atomic mass is 32.2. The van der Waals surface area contributed by atoms with Gasteiger partial charge in [0, 0.05) is 22.7 Å². The van der Waals surface area contributed by atoms with Gasteiger partial charge in [0.25, 0.3) is 0 Å². The Morgan fingerprint density at radius 2 is 1.48 bits per heavy atom. The first-order valence-electron chi connectivity index (χ1n) is 6.10. The molecule has 0 aliphatic carbocycles. The van der Waals surface area contributed by atoms with Crippen LogP contribution in [0.3, 0.4) is 0 Å². The third-order valence-corrected chi connectivity index (χ3v) is 3.49. The molecule has 0 radical (unpaired) electrons. The monoisotopic (exact) mass is 391 g/mol. The fraction of sp³-hybridized carbons (Fsp3) is 0.231. The highest BCUT2D eigenvalue weighted by Crippen LogP contribution is 2.53. The lowest BCUT2D eigenvalue weighted by atomic mass is 10.3. The molecule has 1 rings (SSSR count). The number of benzene rings is 1. The van der Waals surface area contributed by atoms with Gasteiger partial charge in [0.2, 0.25) is 5.91 Å². The fourth-order valence-electron chi connectivity index (χ4n) is 1.31. The number of hydrogen-bond donors (Lipinski definition) is 2. The molecule has 0 aliphatic rings. The van der Waals surface area contributed by atoms with Gasteiger partial charge in [0.15, 0.2) is 0 Å². The van der Waals surface area contributed by atoms with Gasteiger partial charge in [-0.25, -0.2) is 4.79 Å². The molecule has 2 N–H and O–H groups in total. The predicted molar refractivity (Wildman–Crippen MR) is 73.7 cm³/mol. The highest BCUT2D eigenvalue weighted by molar-refractivity contribution is 8.00. The van der Waals surface area contributed by atoms with Crippen molar-refractivity contribution in [3.05, 3.63) is 36.4 Å². The molecule has 0 saturated carbocycles. The van der Waals surface area contributed by atoms with Gasteiger partial charge in [-0.05, 0) is 36.0 Å². The number of amides is 1. The van der Waals surface area contributed by atoms with Crippen LogP contribution in [-0.2, 0) is 9.59 Å². The highest BCUT2D eigenvalue weighted by Gasteiger charge is 2.73. The zero-order chi connectivity index (χ0) is 19.5. The SMILES string of the molecule is O=C(O)C=CC(=O)Nc1ccc(SC(F)(F)C(F)(F)C(F)(F)F)cc1. The number of carbonyl (C=O) groups excluding carboxylic acids is 1. The van der Waals surface area contributed by atoms with Crippen molar-refractivity contribution in [2.45, 2.75) is 22.2 Å². The van der Waals surface area contributed by atoms with Gasteiger partial charge in [-0.3, -0.25) is 4.79 Å². The quantitative estimate of drug-likeness (QED) is 0.435. The normalized spacial score (nSPS) is 13.1. The molecule has 0 unspecified atom stereocenters. The second-order valence-electron chi connectivity index (χ2n) is 4.38. The Hall–Kier alpha value is -2.24. The first kappa shape index (κ1) is 20.8. The summed E-state index contributed by atoms with van der Waals surface area (Å²) >= 11 is -0.986. The molecule has 12 heteroatoms. The van der Waals surface area contributed by atoms with E-state index in [1.807, 2.05) is 0 Å². The molecule has 1 amide bonds. The predicted octanol–water partition coefficient (Wildman–Crippen LogP) is 4.15. The van der Waals surface area contributed by atoms with Crippen LogP contribution in [0.4, 0.5) is 36.4 Å². The topological polar surface area (TPSA) is 66.4 Å². The smallest absolute Gasteiger partial charge is 0.460 e. The van der Waals surface area contributed by atoms with Crippen molar-refractivity contribution in [2.24, 2.45) is 0 Å². The molecular formula is C13H8F7NO3S. The largest absolute Gasteiger partial charge is 0.478 e. The Morgan fingerprint density at radius 3 is 1.92 bits per heavy atom. The molecule has 25 heavy (non-hydrogen) atoms. The van der Waals surface area contributed by atoms with Crippen molar-refractivity contribution in [2.75, 3.05) is 5.32 Å². The lowest BCUT2D eigenvalue weighted by molar-refractivity contribution is -0.330. The molecule has 0 heterocycles. The lowest BCUT2D eigenvalue weighted by Crippen LogP contribution is -2.49. The summed E-state index contributed by atoms with van der Waals surface area (Å²) in [5, 5.41) is 5.00. The molecule has 138 valence electrons. The van der Waals surface area contributed by atoms with Crippen LogP contribution in [0, 0.1) is 0 Å². The Balaban J connectivity index is 2.83. The number of rotatable bonds is 6. The van der Waals surface area contributed by atoms with Crippen molar-refractivity contribution in [1.82, 2.24) is 0 Å². The first-order chi connectivity index (χ1) is 11.3. The van der Waals surface area contributed by atoms with Crippen molar-refractivity contribution in [3.8, 4) is 0 Å². The van der Waals surface area contributed by atoms with E-state index in [-0.39, 0.29) is 5.69 Å². The molecule has 0 atom stereocenters. The van der Waals surface area contributed by atoms with Crippen LogP contribution in [0.2, 0.25) is 0 Å². The number of thioether (sulfide) groups is 1. The molecule has 0 saturated heterocycles. The van der Waals surface area contributed by atoms with Crippen molar-refractivity contribution < 1.29 is 45.4 Å². The van der Waals surface area contributed by atoms with Gasteiger partial charge in [0.1, 0.15) is 0 Å².